The van der Waals surface area contributed by atoms with E-state index in [2.05, 4.69) is 65.3 Å². The normalized spacial score (nSPS) is 12.6. The first-order valence-electron chi connectivity index (χ1n) is 39.0. The number of nitrogens with one attached hydrogen (secondary N) is 3. The van der Waals surface area contributed by atoms with Crippen molar-refractivity contribution in [3.8, 4) is 0 Å². The van der Waals surface area contributed by atoms with Gasteiger partial charge in [-0.2, -0.15) is 23.6 Å². The zero-order valence-electron chi connectivity index (χ0n) is 75.1. The number of carbonyl (C=O) groups excluding carboxylic acids is 1. The summed E-state index contributed by atoms with van der Waals surface area (Å²) in [5.41, 5.74) is 14.8. The summed E-state index contributed by atoms with van der Waals surface area (Å²) < 4.78 is 133. The van der Waals surface area contributed by atoms with Crippen LogP contribution in [0.5, 0.6) is 0 Å². The van der Waals surface area contributed by atoms with E-state index in [1.54, 1.807) is 171 Å². The van der Waals surface area contributed by atoms with Gasteiger partial charge in [-0.05, 0) is 224 Å². The second-order valence-corrected chi connectivity index (χ2v) is 39.2. The summed E-state index contributed by atoms with van der Waals surface area (Å²) in [5.74, 6) is -0.633. The van der Waals surface area contributed by atoms with Crippen molar-refractivity contribution in [2.45, 2.75) is 219 Å². The molecule has 6 heterocycles. The molecular formula is C93H119Cl5F7N15O4S4. The smallest absolute Gasteiger partial charge is 0.162 e. The third kappa shape index (κ3) is 35.6. The summed E-state index contributed by atoms with van der Waals surface area (Å²) in [6, 6.07) is 35.3. The van der Waals surface area contributed by atoms with Crippen molar-refractivity contribution in [3.63, 3.8) is 0 Å². The monoisotopic (exact) mass is 1950 g/mol. The van der Waals surface area contributed by atoms with Crippen LogP contribution in [0, 0.1) is 97.2 Å². The van der Waals surface area contributed by atoms with Gasteiger partial charge in [-0.3, -0.25) is 9.93 Å². The molecule has 0 amide bonds. The quantitative estimate of drug-likeness (QED) is 0.0310. The largest absolute Gasteiger partial charge is 0.361 e. The zero-order chi connectivity index (χ0) is 94.6. The molecule has 0 aliphatic rings. The molecule has 0 bridgehead atoms. The standard InChI is InChI=1S/2C17H16ClFN4.C13H20FNOS.C13H18FNOS.C9H12FN.C9H9FO.C8H5Cl2N3.C4H11NOS.CH3FS.2CH4.ClH/c2*1-9-5-4-6-12(16(9)19)10(2)21-17-13-7-15(18)20-8-14(13)11(3)22-23-17;2*1-9-7-6-8-11(12(9)14)10(2)15-17(16)13(3,4)5;2*1-6-4-3-5-8(7(2)11)9(6)10;1-4-6-3-11-7(9)2-5(6)8(10)13-12-4;1-4(2,3)7(5)6;1-3-2;;;/h2*4-8,10H,1-3H3,(H,21,23);6-8,10,15H,1-5H3;6-8H,1-5H3;3-5,7H,11H2,1-2H3;3-5H,1-2H3;2-3H,1H3;5H2,1-3H3;1H3;2*1H4;1H/t10-;;10?,17-;17-;;;;7-;;;;/m1.00...0..../s1. The van der Waals surface area contributed by atoms with E-state index < -0.39 is 43.5 Å². The van der Waals surface area contributed by atoms with E-state index in [1.807, 2.05) is 128 Å². The van der Waals surface area contributed by atoms with Crippen LogP contribution in [0.1, 0.15) is 232 Å². The summed E-state index contributed by atoms with van der Waals surface area (Å²) in [7, 11) is -3.74. The van der Waals surface area contributed by atoms with Crippen LogP contribution >= 0.6 is 71.0 Å². The fraction of sp³-hybridized carbons (Fsp3) is 0.366. The van der Waals surface area contributed by atoms with Gasteiger partial charge < -0.3 is 16.4 Å². The van der Waals surface area contributed by atoms with Crippen molar-refractivity contribution in [2.24, 2.45) is 15.3 Å². The Bertz CT molecular complexity index is 5650. The third-order valence-electron chi connectivity index (χ3n) is 18.2. The predicted molar refractivity (Wildman–Crippen MR) is 527 cm³/mol. The maximum atomic E-state index is 14.3. The molecule has 7 atom stereocenters. The molecule has 12 rings (SSSR count). The summed E-state index contributed by atoms with van der Waals surface area (Å²) in [4.78, 5) is 22.9. The zero-order valence-corrected chi connectivity index (χ0v) is 82.2. The van der Waals surface area contributed by atoms with Crippen LogP contribution in [0.3, 0.4) is 0 Å². The van der Waals surface area contributed by atoms with E-state index in [0.29, 0.717) is 99.2 Å². The lowest BCUT2D eigenvalue weighted by molar-refractivity contribution is 0.101. The number of nitrogens with zero attached hydrogens (tertiary/aromatic N) is 10. The van der Waals surface area contributed by atoms with E-state index in [-0.39, 0.29) is 114 Å². The van der Waals surface area contributed by atoms with Gasteiger partial charge in [0.15, 0.2) is 22.6 Å². The third-order valence-corrected chi connectivity index (χ3v) is 23.5. The fourth-order valence-electron chi connectivity index (χ4n) is 10.8. The van der Waals surface area contributed by atoms with Crippen LogP contribution in [0.25, 0.3) is 32.3 Å². The van der Waals surface area contributed by atoms with Gasteiger partial charge in [0.05, 0.1) is 76.7 Å². The molecule has 6 aromatic carbocycles. The number of aromatic nitrogens is 9. The van der Waals surface area contributed by atoms with Gasteiger partial charge in [-0.25, -0.2) is 58.6 Å². The highest BCUT2D eigenvalue weighted by Gasteiger charge is 2.25. The van der Waals surface area contributed by atoms with Crippen molar-refractivity contribution in [1.29, 1.82) is 0 Å². The number of hydrogen-bond acceptors (Lipinski definition) is 17. The lowest BCUT2D eigenvalue weighted by atomic mass is 10.0. The number of fused-ring (bicyclic) bond motifs is 3. The first-order chi connectivity index (χ1) is 58.2. The molecular weight excluding hydrogens is 1830 g/mol. The number of ketones is 1. The van der Waals surface area contributed by atoms with E-state index >= 15 is 0 Å². The lowest BCUT2D eigenvalue weighted by Crippen LogP contribution is -2.35. The number of carbonyl (C=O) groups is 1. The van der Waals surface area contributed by atoms with Gasteiger partial charge in [0.25, 0.3) is 0 Å². The second kappa shape index (κ2) is 54.3. The van der Waals surface area contributed by atoms with Crippen LogP contribution < -0.4 is 26.2 Å². The minimum absolute atomic E-state index is 0. The van der Waals surface area contributed by atoms with Gasteiger partial charge in [0, 0.05) is 109 Å². The first kappa shape index (κ1) is 117. The predicted octanol–water partition coefficient (Wildman–Crippen LogP) is 26.3. The van der Waals surface area contributed by atoms with E-state index in [9.17, 15) is 47.6 Å². The van der Waals surface area contributed by atoms with E-state index in [0.717, 1.165) is 49.4 Å². The minimum atomic E-state index is -1.36. The molecule has 0 saturated heterocycles. The number of aryl methyl sites for hydroxylation is 9. The Morgan fingerprint density at radius 3 is 1.04 bits per heavy atom. The molecule has 128 heavy (non-hydrogen) atoms. The topological polar surface area (TPSA) is 285 Å². The highest BCUT2D eigenvalue weighted by Crippen LogP contribution is 2.33. The Labute approximate surface area is 788 Å². The number of nitrogens with two attached hydrogens (primary N) is 2. The number of anilines is 2. The average Bonchev–Trinajstić information content (AvgIpc) is 0.816. The second-order valence-electron chi connectivity index (χ2n) is 31.7. The Hall–Kier alpha value is -8.63. The molecule has 698 valence electrons. The molecule has 35 heteroatoms. The molecule has 0 saturated carbocycles. The van der Waals surface area contributed by atoms with Gasteiger partial charge in [-0.1, -0.05) is 164 Å². The number of rotatable bonds is 13. The Morgan fingerprint density at radius 2 is 0.727 bits per heavy atom. The van der Waals surface area contributed by atoms with Gasteiger partial charge >= 0.3 is 0 Å². The lowest BCUT2D eigenvalue weighted by Gasteiger charge is -2.22. The first-order valence-corrected chi connectivity index (χ1v) is 45.1. The highest BCUT2D eigenvalue weighted by atomic mass is 35.5. The van der Waals surface area contributed by atoms with Crippen LogP contribution in [-0.2, 0) is 33.0 Å². The van der Waals surface area contributed by atoms with E-state index in [4.69, 9.17) is 57.3 Å². The molecule has 0 aliphatic heterocycles. The summed E-state index contributed by atoms with van der Waals surface area (Å²) >= 11 is 23.8. The SMILES string of the molecule is C.C.CC(=N[S@@](=O)C(C)(C)C)c1cccc(C)c1F.CC(=O)c1cccc(C)c1F.CC(C)(C)[S@@](N)=O.CSF.Cc1cccc(C(C)N)c1F.Cc1cccc(C(C)N[S@@](=O)C(C)(C)C)c1F.Cc1cccc(C(C)Nc2nnc(C)c3cnc(Cl)cc23)c1F.Cc1cccc([C@@H](C)Nc2nnc(C)c3cnc(Cl)cc23)c1F.Cc1nnc(Cl)c2cc(Cl)ncc12.Cl. The molecule has 3 unspecified atom stereocenters. The number of Topliss-reactive ketones (excluding diaryl/α,β-unsaturated/α-hetero) is 1. The summed E-state index contributed by atoms with van der Waals surface area (Å²) in [6.07, 6.45) is 6.36. The van der Waals surface area contributed by atoms with Gasteiger partial charge in [0.1, 0.15) is 61.3 Å². The van der Waals surface area contributed by atoms with Crippen LogP contribution in [0.2, 0.25) is 20.6 Å². The van der Waals surface area contributed by atoms with Crippen LogP contribution in [-0.4, -0.2) is 90.2 Å². The average molecular weight is 1950 g/mol. The van der Waals surface area contributed by atoms with Crippen LogP contribution in [0.4, 0.5) is 41.9 Å². The molecule has 0 fully saturated rings. The molecule has 6 aromatic heterocycles. The Morgan fingerprint density at radius 1 is 0.438 bits per heavy atom. The molecule has 0 spiro atoms. The molecule has 19 nitrogen and oxygen atoms in total. The summed E-state index contributed by atoms with van der Waals surface area (Å²) in [6.45, 7) is 43.0. The van der Waals surface area contributed by atoms with Crippen molar-refractivity contribution < 1.29 is 47.6 Å². The number of hydrogen-bond donors (Lipinski definition) is 5. The van der Waals surface area contributed by atoms with Crippen molar-refractivity contribution in [3.05, 3.63) is 285 Å². The van der Waals surface area contributed by atoms with Crippen molar-refractivity contribution in [1.82, 2.24) is 50.3 Å². The number of pyridine rings is 3. The maximum absolute atomic E-state index is 14.3. The van der Waals surface area contributed by atoms with E-state index in [1.165, 1.54) is 19.2 Å². The summed E-state index contributed by atoms with van der Waals surface area (Å²) in [5, 5.41) is 42.3. The fourth-order valence-corrected chi connectivity index (χ4v) is 12.9. The Balaban J connectivity index is 0.000000741. The van der Waals surface area contributed by atoms with Crippen LogP contribution in [0.15, 0.2) is 150 Å². The molecule has 0 radical (unpaired) electrons. The Kier molecular flexibility index (Phi) is 49.7. The molecule has 0 aliphatic carbocycles. The van der Waals surface area contributed by atoms with Crippen molar-refractivity contribution in [2.75, 3.05) is 16.9 Å². The maximum Gasteiger partial charge on any atom is 0.162 e. The molecule has 7 N–H and O–H groups in total. The van der Waals surface area contributed by atoms with Gasteiger partial charge in [0.2, 0.25) is 0 Å². The van der Waals surface area contributed by atoms with Crippen molar-refractivity contribution >= 4 is 159 Å². The number of halogens is 12. The minimum Gasteiger partial charge on any atom is -0.361 e. The number of benzene rings is 6. The van der Waals surface area contributed by atoms with Gasteiger partial charge in [-0.15, -0.1) is 27.7 Å². The highest BCUT2D eigenvalue weighted by molar-refractivity contribution is 7.93. The molecule has 12 aromatic rings.